The number of nitrogens with zero attached hydrogens (tertiary/aromatic N) is 1. The van der Waals surface area contributed by atoms with E-state index in [1.807, 2.05) is 30.0 Å². The first-order chi connectivity index (χ1) is 10.9. The van der Waals surface area contributed by atoms with E-state index in [2.05, 4.69) is 12.2 Å². The minimum atomic E-state index is -2.94. The number of nitrogens with one attached hydrogen (secondary N) is 1. The highest BCUT2D eigenvalue weighted by Gasteiger charge is 2.46. The Labute approximate surface area is 138 Å². The van der Waals surface area contributed by atoms with E-state index in [1.54, 1.807) is 0 Å². The molecule has 2 aliphatic rings. The second kappa shape index (κ2) is 6.24. The van der Waals surface area contributed by atoms with Gasteiger partial charge in [-0.3, -0.25) is 9.69 Å². The molecule has 0 radical (unpaired) electrons. The van der Waals surface area contributed by atoms with Crippen LogP contribution in [0.4, 0.5) is 5.69 Å². The summed E-state index contributed by atoms with van der Waals surface area (Å²) in [5.74, 6) is 0.453. The molecule has 0 aliphatic carbocycles. The second-order valence-corrected chi connectivity index (χ2v) is 9.00. The van der Waals surface area contributed by atoms with Gasteiger partial charge in [-0.15, -0.1) is 0 Å². The van der Waals surface area contributed by atoms with Gasteiger partial charge in [0.1, 0.15) is 0 Å². The molecule has 2 heterocycles. The summed E-state index contributed by atoms with van der Waals surface area (Å²) < 4.78 is 23.9. The molecule has 126 valence electrons. The van der Waals surface area contributed by atoms with Crippen LogP contribution in [0.1, 0.15) is 24.5 Å². The summed E-state index contributed by atoms with van der Waals surface area (Å²) in [4.78, 5) is 14.3. The SMILES string of the molecule is CCc1cccc(C)c1NC(=O)CN1C[C@@H]2CCS(=O)(=O)[C@@H]2C1. The van der Waals surface area contributed by atoms with Crippen molar-refractivity contribution in [2.24, 2.45) is 5.92 Å². The first-order valence-electron chi connectivity index (χ1n) is 8.23. The molecular formula is C17H24N2O3S. The maximum Gasteiger partial charge on any atom is 0.238 e. The van der Waals surface area contributed by atoms with Crippen molar-refractivity contribution in [2.45, 2.75) is 31.9 Å². The van der Waals surface area contributed by atoms with E-state index >= 15 is 0 Å². The summed E-state index contributed by atoms with van der Waals surface area (Å²) >= 11 is 0. The summed E-state index contributed by atoms with van der Waals surface area (Å²) in [6, 6.07) is 6.01. The summed E-state index contributed by atoms with van der Waals surface area (Å²) in [5.41, 5.74) is 3.07. The average Bonchev–Trinajstić information content (AvgIpc) is 3.02. The Kier molecular flexibility index (Phi) is 4.47. The van der Waals surface area contributed by atoms with Crippen LogP contribution in [0.2, 0.25) is 0 Å². The fraction of sp³-hybridized carbons (Fsp3) is 0.588. The van der Waals surface area contributed by atoms with Crippen molar-refractivity contribution in [3.63, 3.8) is 0 Å². The van der Waals surface area contributed by atoms with Gasteiger partial charge in [0.2, 0.25) is 5.91 Å². The Bertz CT molecular complexity index is 715. The highest BCUT2D eigenvalue weighted by molar-refractivity contribution is 7.92. The molecule has 6 heteroatoms. The molecule has 0 unspecified atom stereocenters. The molecule has 23 heavy (non-hydrogen) atoms. The zero-order chi connectivity index (χ0) is 16.6. The maximum atomic E-state index is 12.4. The number of carbonyl (C=O) groups excluding carboxylic acids is 1. The first kappa shape index (κ1) is 16.5. The lowest BCUT2D eigenvalue weighted by atomic mass is 10.1. The molecule has 1 aromatic rings. The third kappa shape index (κ3) is 3.28. The monoisotopic (exact) mass is 336 g/mol. The van der Waals surface area contributed by atoms with Gasteiger partial charge in [0.05, 0.1) is 17.5 Å². The van der Waals surface area contributed by atoms with Crippen LogP contribution in [0, 0.1) is 12.8 Å². The number of anilines is 1. The normalized spacial score (nSPS) is 26.2. The molecule has 2 fully saturated rings. The van der Waals surface area contributed by atoms with E-state index in [0.29, 0.717) is 18.8 Å². The van der Waals surface area contributed by atoms with Crippen LogP contribution in [0.5, 0.6) is 0 Å². The van der Waals surface area contributed by atoms with Crippen molar-refractivity contribution in [3.8, 4) is 0 Å². The molecule has 1 N–H and O–H groups in total. The van der Waals surface area contributed by atoms with Gasteiger partial charge < -0.3 is 5.32 Å². The second-order valence-electron chi connectivity index (χ2n) is 6.66. The number of benzene rings is 1. The largest absolute Gasteiger partial charge is 0.324 e. The van der Waals surface area contributed by atoms with E-state index < -0.39 is 9.84 Å². The number of amides is 1. The van der Waals surface area contributed by atoms with Crippen LogP contribution in [0.15, 0.2) is 18.2 Å². The molecule has 2 atom stereocenters. The van der Waals surface area contributed by atoms with Crippen molar-refractivity contribution >= 4 is 21.4 Å². The third-order valence-electron chi connectivity index (χ3n) is 5.06. The lowest BCUT2D eigenvalue weighted by Crippen LogP contribution is -2.34. The van der Waals surface area contributed by atoms with Crippen molar-refractivity contribution in [1.82, 2.24) is 4.90 Å². The highest BCUT2D eigenvalue weighted by Crippen LogP contribution is 2.33. The Balaban J connectivity index is 1.63. The Morgan fingerprint density at radius 1 is 1.35 bits per heavy atom. The summed E-state index contributed by atoms with van der Waals surface area (Å²) in [6.07, 6.45) is 1.60. The molecule has 0 bridgehead atoms. The molecule has 0 spiro atoms. The van der Waals surface area contributed by atoms with Gasteiger partial charge in [0, 0.05) is 18.8 Å². The standard InChI is InChI=1S/C17H24N2O3S/c1-3-13-6-4-5-12(2)17(13)18-16(20)11-19-9-14-7-8-23(21,22)15(14)10-19/h4-6,14-15H,3,7-11H2,1-2H3,(H,18,20)/t14-,15+/m0/s1. The lowest BCUT2D eigenvalue weighted by molar-refractivity contribution is -0.117. The Morgan fingerprint density at radius 3 is 2.83 bits per heavy atom. The van der Waals surface area contributed by atoms with E-state index in [9.17, 15) is 13.2 Å². The number of para-hydroxylation sites is 1. The van der Waals surface area contributed by atoms with Crippen LogP contribution >= 0.6 is 0 Å². The van der Waals surface area contributed by atoms with Gasteiger partial charge in [-0.25, -0.2) is 8.42 Å². The number of carbonyl (C=O) groups is 1. The molecule has 0 aromatic heterocycles. The number of aryl methyl sites for hydroxylation is 2. The van der Waals surface area contributed by atoms with E-state index in [-0.39, 0.29) is 23.6 Å². The van der Waals surface area contributed by atoms with E-state index in [4.69, 9.17) is 0 Å². The van der Waals surface area contributed by atoms with Gasteiger partial charge >= 0.3 is 0 Å². The van der Waals surface area contributed by atoms with Crippen LogP contribution in [0.3, 0.4) is 0 Å². The number of hydrogen-bond acceptors (Lipinski definition) is 4. The zero-order valence-electron chi connectivity index (χ0n) is 13.7. The highest BCUT2D eigenvalue weighted by atomic mass is 32.2. The average molecular weight is 336 g/mol. The number of fused-ring (bicyclic) bond motifs is 1. The predicted octanol–water partition coefficient (Wildman–Crippen LogP) is 1.61. The van der Waals surface area contributed by atoms with E-state index in [0.717, 1.165) is 29.7 Å². The maximum absolute atomic E-state index is 12.4. The van der Waals surface area contributed by atoms with Gasteiger partial charge in [0.25, 0.3) is 0 Å². The summed E-state index contributed by atoms with van der Waals surface area (Å²) in [6.45, 7) is 5.53. The number of sulfone groups is 1. The lowest BCUT2D eigenvalue weighted by Gasteiger charge is -2.18. The van der Waals surface area contributed by atoms with Crippen molar-refractivity contribution in [2.75, 3.05) is 30.7 Å². The molecule has 2 saturated heterocycles. The fourth-order valence-corrected chi connectivity index (χ4v) is 5.97. The minimum absolute atomic E-state index is 0.0635. The van der Waals surface area contributed by atoms with Crippen LogP contribution in [-0.4, -0.2) is 49.9 Å². The topological polar surface area (TPSA) is 66.5 Å². The number of rotatable bonds is 4. The zero-order valence-corrected chi connectivity index (χ0v) is 14.5. The van der Waals surface area contributed by atoms with Crippen molar-refractivity contribution in [1.29, 1.82) is 0 Å². The predicted molar refractivity (Wildman–Crippen MR) is 91.3 cm³/mol. The smallest absolute Gasteiger partial charge is 0.238 e. The van der Waals surface area contributed by atoms with Gasteiger partial charge in [-0.05, 0) is 36.8 Å². The molecule has 0 saturated carbocycles. The fourth-order valence-electron chi connectivity index (χ4n) is 3.79. The van der Waals surface area contributed by atoms with Crippen LogP contribution < -0.4 is 5.32 Å². The number of hydrogen-bond donors (Lipinski definition) is 1. The minimum Gasteiger partial charge on any atom is -0.324 e. The van der Waals surface area contributed by atoms with Crippen molar-refractivity contribution in [3.05, 3.63) is 29.3 Å². The van der Waals surface area contributed by atoms with Crippen LogP contribution in [0.25, 0.3) is 0 Å². The summed E-state index contributed by atoms with van der Waals surface area (Å²) in [5, 5.41) is 2.75. The molecule has 2 aliphatic heterocycles. The quantitative estimate of drug-likeness (QED) is 0.907. The third-order valence-corrected chi connectivity index (χ3v) is 7.32. The summed E-state index contributed by atoms with van der Waals surface area (Å²) in [7, 11) is -2.94. The number of likely N-dealkylation sites (tertiary alicyclic amines) is 1. The molecular weight excluding hydrogens is 312 g/mol. The molecule has 5 nitrogen and oxygen atoms in total. The van der Waals surface area contributed by atoms with Gasteiger partial charge in [-0.1, -0.05) is 25.1 Å². The molecule has 3 rings (SSSR count). The van der Waals surface area contributed by atoms with E-state index in [1.165, 1.54) is 0 Å². The molecule has 1 aromatic carbocycles. The van der Waals surface area contributed by atoms with Gasteiger partial charge in [0.15, 0.2) is 9.84 Å². The first-order valence-corrected chi connectivity index (χ1v) is 9.94. The molecule has 1 amide bonds. The van der Waals surface area contributed by atoms with Gasteiger partial charge in [-0.2, -0.15) is 0 Å². The van der Waals surface area contributed by atoms with Crippen LogP contribution in [-0.2, 0) is 21.1 Å². The Morgan fingerprint density at radius 2 is 2.13 bits per heavy atom. The Hall–Kier alpha value is -1.40. The van der Waals surface area contributed by atoms with Crippen molar-refractivity contribution < 1.29 is 13.2 Å².